The maximum atomic E-state index is 13.9. The van der Waals surface area contributed by atoms with Gasteiger partial charge in [-0.15, -0.1) is 12.4 Å². The van der Waals surface area contributed by atoms with Crippen LogP contribution >= 0.6 is 12.4 Å². The Bertz CT molecular complexity index is 1190. The molecule has 7 nitrogen and oxygen atoms in total. The zero-order valence-corrected chi connectivity index (χ0v) is 18.2. The number of hydrogen-bond donors (Lipinski definition) is 3. The molecule has 1 saturated heterocycles. The first-order valence-electron chi connectivity index (χ1n) is 9.82. The number of fused-ring (bicyclic) bond motifs is 1. The van der Waals surface area contributed by atoms with E-state index in [9.17, 15) is 22.4 Å². The molecule has 1 aliphatic rings. The molecular weight excluding hydrogens is 464 g/mol. The second-order valence-electron chi connectivity index (χ2n) is 7.63. The maximum absolute atomic E-state index is 13.9. The van der Waals surface area contributed by atoms with Crippen LogP contribution in [0.15, 0.2) is 36.4 Å². The molecule has 12 heteroatoms. The topological polar surface area (TPSA) is 96.2 Å². The van der Waals surface area contributed by atoms with E-state index in [4.69, 9.17) is 5.73 Å². The number of anilines is 4. The van der Waals surface area contributed by atoms with Crippen LogP contribution in [0.1, 0.15) is 18.9 Å². The predicted molar refractivity (Wildman–Crippen MR) is 120 cm³/mol. The highest BCUT2D eigenvalue weighted by atomic mass is 35.5. The number of nitrogens with zero attached hydrogens (tertiary/aromatic N) is 3. The van der Waals surface area contributed by atoms with Crippen LogP contribution in [-0.4, -0.2) is 35.0 Å². The summed E-state index contributed by atoms with van der Waals surface area (Å²) in [5, 5.41) is 6.20. The number of rotatable bonds is 4. The van der Waals surface area contributed by atoms with E-state index < -0.39 is 17.6 Å². The third-order valence-electron chi connectivity index (χ3n) is 5.07. The van der Waals surface area contributed by atoms with Gasteiger partial charge in [0, 0.05) is 48.9 Å². The largest absolute Gasteiger partial charge is 0.416 e. The number of alkyl halides is 3. The van der Waals surface area contributed by atoms with E-state index in [1.807, 2.05) is 4.90 Å². The fourth-order valence-electron chi connectivity index (χ4n) is 3.76. The van der Waals surface area contributed by atoms with Gasteiger partial charge >= 0.3 is 6.18 Å². The first kappa shape index (κ1) is 24.3. The average molecular weight is 485 g/mol. The van der Waals surface area contributed by atoms with Crippen molar-refractivity contribution in [2.75, 3.05) is 29.0 Å². The Hall–Kier alpha value is -3.34. The molecule has 1 aliphatic heterocycles. The van der Waals surface area contributed by atoms with Crippen LogP contribution < -0.4 is 21.3 Å². The third-order valence-corrected chi connectivity index (χ3v) is 5.07. The van der Waals surface area contributed by atoms with Crippen LogP contribution in [0.2, 0.25) is 0 Å². The van der Waals surface area contributed by atoms with E-state index in [0.717, 1.165) is 12.1 Å². The van der Waals surface area contributed by atoms with Crippen molar-refractivity contribution in [1.29, 1.82) is 0 Å². The summed E-state index contributed by atoms with van der Waals surface area (Å²) in [6, 6.07) is 7.06. The maximum Gasteiger partial charge on any atom is 0.416 e. The third kappa shape index (κ3) is 5.54. The first-order chi connectivity index (χ1) is 15.1. The first-order valence-corrected chi connectivity index (χ1v) is 9.82. The fourth-order valence-corrected chi connectivity index (χ4v) is 3.76. The van der Waals surface area contributed by atoms with Gasteiger partial charge in [0.05, 0.1) is 11.1 Å². The summed E-state index contributed by atoms with van der Waals surface area (Å²) in [6.07, 6.45) is -3.88. The van der Waals surface area contributed by atoms with E-state index in [1.54, 1.807) is 6.07 Å². The van der Waals surface area contributed by atoms with Crippen LogP contribution in [0.3, 0.4) is 0 Å². The minimum absolute atomic E-state index is 0. The minimum Gasteiger partial charge on any atom is -0.399 e. The number of carbonyl (C=O) groups excluding carboxylic acids is 1. The average Bonchev–Trinajstić information content (AvgIpc) is 3.13. The molecule has 176 valence electrons. The Kier molecular flexibility index (Phi) is 6.82. The monoisotopic (exact) mass is 484 g/mol. The number of nitrogens with two attached hydrogens (primary N) is 1. The lowest BCUT2D eigenvalue weighted by molar-refractivity contribution is -0.137. The summed E-state index contributed by atoms with van der Waals surface area (Å²) >= 11 is 0. The van der Waals surface area contributed by atoms with Gasteiger partial charge in [-0.1, -0.05) is 0 Å². The highest BCUT2D eigenvalue weighted by molar-refractivity contribution is 5.91. The number of amides is 1. The van der Waals surface area contributed by atoms with Crippen molar-refractivity contribution in [3.05, 3.63) is 47.8 Å². The van der Waals surface area contributed by atoms with Gasteiger partial charge in [0.2, 0.25) is 11.9 Å². The Morgan fingerprint density at radius 3 is 2.64 bits per heavy atom. The molecule has 4 rings (SSSR count). The minimum atomic E-state index is -4.57. The molecule has 0 bridgehead atoms. The summed E-state index contributed by atoms with van der Waals surface area (Å²) in [7, 11) is 0. The molecule has 1 amide bonds. The molecule has 1 unspecified atom stereocenters. The summed E-state index contributed by atoms with van der Waals surface area (Å²) in [4.78, 5) is 22.1. The van der Waals surface area contributed by atoms with Gasteiger partial charge in [-0.3, -0.25) is 4.79 Å². The quantitative estimate of drug-likeness (QED) is 0.378. The molecule has 0 saturated carbocycles. The molecule has 0 radical (unpaired) electrons. The lowest BCUT2D eigenvalue weighted by atomic mass is 10.1. The molecule has 0 spiro atoms. The van der Waals surface area contributed by atoms with Gasteiger partial charge in [0.1, 0.15) is 11.6 Å². The van der Waals surface area contributed by atoms with E-state index in [1.165, 1.54) is 25.1 Å². The van der Waals surface area contributed by atoms with Crippen molar-refractivity contribution in [2.24, 2.45) is 0 Å². The summed E-state index contributed by atoms with van der Waals surface area (Å²) in [6.45, 7) is 2.51. The van der Waals surface area contributed by atoms with Gasteiger partial charge < -0.3 is 21.3 Å². The second kappa shape index (κ2) is 9.26. The summed E-state index contributed by atoms with van der Waals surface area (Å²) < 4.78 is 53.3. The fraction of sp³-hybridized carbons (Fsp3) is 0.286. The lowest BCUT2D eigenvalue weighted by Gasteiger charge is -2.21. The number of hydrogen-bond acceptors (Lipinski definition) is 6. The highest BCUT2D eigenvalue weighted by Crippen LogP contribution is 2.34. The van der Waals surface area contributed by atoms with Crippen molar-refractivity contribution in [1.82, 2.24) is 15.3 Å². The molecule has 3 aromatic rings. The smallest absolute Gasteiger partial charge is 0.399 e. The molecule has 1 aromatic heterocycles. The molecule has 33 heavy (non-hydrogen) atoms. The van der Waals surface area contributed by atoms with E-state index in [2.05, 4.69) is 20.6 Å². The Morgan fingerprint density at radius 2 is 1.94 bits per heavy atom. The molecule has 2 heterocycles. The Labute approximate surface area is 192 Å². The van der Waals surface area contributed by atoms with Gasteiger partial charge in [-0.2, -0.15) is 18.2 Å². The number of benzene rings is 2. The standard InChI is InChI=1S/C21H20F4N6O.ClH/c1-11(32)27-15-4-5-31(10-15)19-17-3-2-13(22)8-18(17)29-20(30-19)28-16-7-12(21(23,24)25)6-14(26)9-16;/h2-3,6-9,15H,4-5,10,26H2,1H3,(H,27,32)(H,28,29,30);1H. The van der Waals surface area contributed by atoms with Crippen LogP contribution in [0.4, 0.5) is 40.7 Å². The van der Waals surface area contributed by atoms with Crippen LogP contribution in [0.5, 0.6) is 0 Å². The number of nitrogen functional groups attached to an aromatic ring is 1. The normalized spacial score (nSPS) is 15.9. The number of aromatic nitrogens is 2. The van der Waals surface area contributed by atoms with Gasteiger partial charge in [-0.25, -0.2) is 9.37 Å². The molecule has 1 atom stereocenters. The second-order valence-corrected chi connectivity index (χ2v) is 7.63. The van der Waals surface area contributed by atoms with Crippen LogP contribution in [0, 0.1) is 5.82 Å². The van der Waals surface area contributed by atoms with Crippen molar-refractivity contribution in [2.45, 2.75) is 25.6 Å². The van der Waals surface area contributed by atoms with Crippen molar-refractivity contribution < 1.29 is 22.4 Å². The Balaban J connectivity index is 0.00000306. The van der Waals surface area contributed by atoms with Crippen molar-refractivity contribution >= 4 is 52.4 Å². The van der Waals surface area contributed by atoms with Gasteiger partial charge in [0.25, 0.3) is 0 Å². The predicted octanol–water partition coefficient (Wildman–Crippen LogP) is 4.25. The van der Waals surface area contributed by atoms with Gasteiger partial charge in [-0.05, 0) is 36.8 Å². The molecule has 2 aromatic carbocycles. The number of nitrogens with one attached hydrogen (secondary N) is 2. The zero-order chi connectivity index (χ0) is 23.0. The van der Waals surface area contributed by atoms with E-state index >= 15 is 0 Å². The molecule has 4 N–H and O–H groups in total. The lowest BCUT2D eigenvalue weighted by Crippen LogP contribution is -2.35. The van der Waals surface area contributed by atoms with Crippen LogP contribution in [-0.2, 0) is 11.0 Å². The molecular formula is C21H21ClF4N6O. The summed E-state index contributed by atoms with van der Waals surface area (Å²) in [5.41, 5.74) is 4.99. The number of carbonyl (C=O) groups is 1. The molecule has 0 aliphatic carbocycles. The highest BCUT2D eigenvalue weighted by Gasteiger charge is 2.31. The zero-order valence-electron chi connectivity index (χ0n) is 17.4. The van der Waals surface area contributed by atoms with Crippen molar-refractivity contribution in [3.8, 4) is 0 Å². The Morgan fingerprint density at radius 1 is 1.18 bits per heavy atom. The van der Waals surface area contributed by atoms with E-state index in [0.29, 0.717) is 36.2 Å². The molecule has 1 fully saturated rings. The summed E-state index contributed by atoms with van der Waals surface area (Å²) in [5.74, 6) is -0.157. The van der Waals surface area contributed by atoms with Gasteiger partial charge in [0.15, 0.2) is 0 Å². The van der Waals surface area contributed by atoms with Crippen LogP contribution in [0.25, 0.3) is 10.9 Å². The number of halogens is 5. The van der Waals surface area contributed by atoms with Crippen molar-refractivity contribution in [3.63, 3.8) is 0 Å². The van der Waals surface area contributed by atoms with E-state index in [-0.39, 0.29) is 41.7 Å². The SMILES string of the molecule is CC(=O)NC1CCN(c2nc(Nc3cc(N)cc(C(F)(F)F)c3)nc3cc(F)ccc23)C1.Cl.